The summed E-state index contributed by atoms with van der Waals surface area (Å²) in [6.45, 7) is 0.738. The highest BCUT2D eigenvalue weighted by Gasteiger charge is 2.72. The molecule has 1 saturated heterocycles. The number of hydrogen-bond donors (Lipinski definition) is 2. The van der Waals surface area contributed by atoms with Crippen molar-refractivity contribution in [3.05, 3.63) is 71.0 Å². The number of aliphatic carboxylic acids is 1. The third-order valence-corrected chi connectivity index (χ3v) is 8.90. The topological polar surface area (TPSA) is 132 Å². The summed E-state index contributed by atoms with van der Waals surface area (Å²) >= 11 is 0. The van der Waals surface area contributed by atoms with Crippen molar-refractivity contribution in [2.24, 2.45) is 0 Å². The lowest BCUT2D eigenvalue weighted by Gasteiger charge is -2.61. The molecule has 210 valence electrons. The van der Waals surface area contributed by atoms with Crippen molar-refractivity contribution < 1.29 is 43.5 Å². The summed E-state index contributed by atoms with van der Waals surface area (Å²) in [5.74, 6) is -1.39. The van der Waals surface area contributed by atoms with Gasteiger partial charge in [-0.15, -0.1) is 0 Å². The number of carbonyl (C=O) groups is 3. The standard InChI is InChI=1S/C30H31NO9/c1-31-15-14-29-24-18-8-9-19(37-2)26(24)40-27(29)20(12-13-30(29,36)21(31)16-18)38-22(32)10-11-23(33)39-25(28(34)35)17-6-4-3-5-7-17/h3-9,12,21,25,27,36H,10-11,13-16H2,1-2H3,(H,34,35)/t21-,25-,27-,29-,30+/m0/s1. The number of likely N-dealkylation sites (tertiary alicyclic amines) is 1. The molecule has 0 amide bonds. The van der Waals surface area contributed by atoms with Gasteiger partial charge in [-0.1, -0.05) is 36.4 Å². The molecule has 6 rings (SSSR count). The molecule has 2 aromatic carbocycles. The largest absolute Gasteiger partial charge is 0.493 e. The molecule has 10 heteroatoms. The third-order valence-electron chi connectivity index (χ3n) is 8.90. The molecule has 4 aliphatic rings. The number of piperidine rings is 1. The Morgan fingerprint density at radius 2 is 1.88 bits per heavy atom. The van der Waals surface area contributed by atoms with Gasteiger partial charge in [0.15, 0.2) is 17.6 Å². The zero-order chi connectivity index (χ0) is 28.2. The van der Waals surface area contributed by atoms with Crippen LogP contribution in [-0.4, -0.2) is 71.5 Å². The van der Waals surface area contributed by atoms with Crippen LogP contribution in [0.4, 0.5) is 0 Å². The van der Waals surface area contributed by atoms with Gasteiger partial charge in [0.25, 0.3) is 0 Å². The fourth-order valence-electron chi connectivity index (χ4n) is 7.05. The van der Waals surface area contributed by atoms with Crippen molar-refractivity contribution in [2.75, 3.05) is 20.7 Å². The van der Waals surface area contributed by atoms with E-state index >= 15 is 0 Å². The molecule has 0 unspecified atom stereocenters. The van der Waals surface area contributed by atoms with E-state index in [1.165, 1.54) is 0 Å². The number of esters is 2. The van der Waals surface area contributed by atoms with Gasteiger partial charge in [-0.25, -0.2) is 4.79 Å². The molecular formula is C30H31NO9. The van der Waals surface area contributed by atoms with Gasteiger partial charge < -0.3 is 34.1 Å². The van der Waals surface area contributed by atoms with Crippen molar-refractivity contribution in [1.82, 2.24) is 4.90 Å². The van der Waals surface area contributed by atoms with Crippen molar-refractivity contribution in [3.63, 3.8) is 0 Å². The summed E-state index contributed by atoms with van der Waals surface area (Å²) in [5, 5.41) is 21.7. The van der Waals surface area contributed by atoms with Crippen LogP contribution in [0.1, 0.15) is 48.5 Å². The monoisotopic (exact) mass is 549 g/mol. The number of carboxylic acids is 1. The molecule has 1 fully saturated rings. The highest BCUT2D eigenvalue weighted by molar-refractivity contribution is 5.82. The molecule has 2 aliphatic carbocycles. The lowest BCUT2D eigenvalue weighted by atomic mass is 9.50. The zero-order valence-electron chi connectivity index (χ0n) is 22.3. The normalized spacial score (nSPS) is 28.4. The maximum Gasteiger partial charge on any atom is 0.349 e. The minimum Gasteiger partial charge on any atom is -0.493 e. The average molecular weight is 550 g/mol. The molecule has 40 heavy (non-hydrogen) atoms. The number of rotatable bonds is 8. The fraction of sp³-hybridized carbons (Fsp3) is 0.433. The Bertz CT molecular complexity index is 1410. The maximum atomic E-state index is 12.9. The Labute approximate surface area is 231 Å². The quantitative estimate of drug-likeness (QED) is 0.474. The van der Waals surface area contributed by atoms with E-state index in [1.54, 1.807) is 43.5 Å². The second-order valence-corrected chi connectivity index (χ2v) is 10.9. The predicted molar refractivity (Wildman–Crippen MR) is 140 cm³/mol. The van der Waals surface area contributed by atoms with Gasteiger partial charge in [-0.2, -0.15) is 0 Å². The molecule has 2 N–H and O–H groups in total. The van der Waals surface area contributed by atoms with Gasteiger partial charge in [-0.3, -0.25) is 9.59 Å². The predicted octanol–water partition coefficient (Wildman–Crippen LogP) is 2.67. The second-order valence-electron chi connectivity index (χ2n) is 10.9. The van der Waals surface area contributed by atoms with Crippen LogP contribution in [0.25, 0.3) is 0 Å². The van der Waals surface area contributed by atoms with E-state index < -0.39 is 41.1 Å². The van der Waals surface area contributed by atoms with Crippen LogP contribution in [0.15, 0.2) is 54.3 Å². The SMILES string of the molecule is COc1ccc2c3c1O[C@H]1C(OC(=O)CCC(=O)O[C@H](C(=O)O)c4ccccc4)=CC[C@@]4(O)[C@H](C2)N(C)CC[C@]314. The van der Waals surface area contributed by atoms with Crippen LogP contribution in [0, 0.1) is 0 Å². The molecule has 0 aromatic heterocycles. The summed E-state index contributed by atoms with van der Waals surface area (Å²) in [6, 6.07) is 11.9. The van der Waals surface area contributed by atoms with Gasteiger partial charge in [0.2, 0.25) is 6.10 Å². The summed E-state index contributed by atoms with van der Waals surface area (Å²) in [4.78, 5) is 39.2. The van der Waals surface area contributed by atoms with Gasteiger partial charge in [0.1, 0.15) is 5.76 Å². The molecule has 0 saturated carbocycles. The van der Waals surface area contributed by atoms with Crippen LogP contribution in [0.5, 0.6) is 11.5 Å². The van der Waals surface area contributed by atoms with Crippen molar-refractivity contribution in [1.29, 1.82) is 0 Å². The Kier molecular flexibility index (Phi) is 6.35. The van der Waals surface area contributed by atoms with E-state index in [0.29, 0.717) is 35.7 Å². The van der Waals surface area contributed by atoms with Crippen LogP contribution in [0.3, 0.4) is 0 Å². The van der Waals surface area contributed by atoms with Crippen LogP contribution in [-0.2, 0) is 35.7 Å². The Hall–Kier alpha value is -3.89. The zero-order valence-corrected chi connectivity index (χ0v) is 22.3. The molecule has 1 spiro atoms. The smallest absolute Gasteiger partial charge is 0.349 e. The Morgan fingerprint density at radius 3 is 2.60 bits per heavy atom. The Morgan fingerprint density at radius 1 is 1.12 bits per heavy atom. The number of benzene rings is 2. The second kappa shape index (κ2) is 9.64. The van der Waals surface area contributed by atoms with E-state index in [2.05, 4.69) is 4.90 Å². The van der Waals surface area contributed by atoms with Crippen LogP contribution in [0.2, 0.25) is 0 Å². The van der Waals surface area contributed by atoms with Crippen LogP contribution < -0.4 is 9.47 Å². The lowest BCUT2D eigenvalue weighted by molar-refractivity contribution is -0.170. The van der Waals surface area contributed by atoms with Crippen molar-refractivity contribution >= 4 is 17.9 Å². The van der Waals surface area contributed by atoms with Gasteiger partial charge >= 0.3 is 17.9 Å². The summed E-state index contributed by atoms with van der Waals surface area (Å²) in [5.41, 5.74) is 0.394. The van der Waals surface area contributed by atoms with Crippen molar-refractivity contribution in [2.45, 2.75) is 61.4 Å². The molecule has 2 aliphatic heterocycles. The molecule has 5 atom stereocenters. The summed E-state index contributed by atoms with van der Waals surface area (Å²) in [6.07, 6.45) is 0.389. The maximum absolute atomic E-state index is 12.9. The van der Waals surface area contributed by atoms with E-state index in [1.807, 2.05) is 19.2 Å². The number of methoxy groups -OCH3 is 1. The highest BCUT2D eigenvalue weighted by Crippen LogP contribution is 2.65. The molecule has 2 bridgehead atoms. The number of likely N-dealkylation sites (N-methyl/N-ethyl adjacent to an activating group) is 1. The first-order chi connectivity index (χ1) is 19.2. The lowest BCUT2D eigenvalue weighted by Crippen LogP contribution is -2.74. The molecule has 2 aromatic rings. The fourth-order valence-corrected chi connectivity index (χ4v) is 7.05. The first-order valence-electron chi connectivity index (χ1n) is 13.4. The number of ether oxygens (including phenoxy) is 4. The van der Waals surface area contributed by atoms with Gasteiger partial charge in [0, 0.05) is 23.6 Å². The van der Waals surface area contributed by atoms with E-state index in [-0.39, 0.29) is 25.3 Å². The summed E-state index contributed by atoms with van der Waals surface area (Å²) in [7, 11) is 3.58. The molecule has 10 nitrogen and oxygen atoms in total. The van der Waals surface area contributed by atoms with Gasteiger partial charge in [-0.05, 0) is 44.1 Å². The summed E-state index contributed by atoms with van der Waals surface area (Å²) < 4.78 is 23.0. The van der Waals surface area contributed by atoms with Crippen molar-refractivity contribution in [3.8, 4) is 11.5 Å². The number of nitrogens with zero attached hydrogens (tertiary/aromatic N) is 1. The van der Waals surface area contributed by atoms with E-state index in [4.69, 9.17) is 18.9 Å². The average Bonchev–Trinajstić information content (AvgIpc) is 3.30. The van der Waals surface area contributed by atoms with E-state index in [9.17, 15) is 24.6 Å². The number of carbonyl (C=O) groups excluding carboxylic acids is 2. The van der Waals surface area contributed by atoms with E-state index in [0.717, 1.165) is 17.7 Å². The van der Waals surface area contributed by atoms with Gasteiger partial charge in [0.05, 0.1) is 31.0 Å². The number of hydrogen-bond acceptors (Lipinski definition) is 9. The molecular weight excluding hydrogens is 518 g/mol. The van der Waals surface area contributed by atoms with Crippen LogP contribution >= 0.6 is 0 Å². The molecule has 0 radical (unpaired) electrons. The Balaban J connectivity index is 1.20. The third kappa shape index (κ3) is 3.81. The molecule has 2 heterocycles. The highest BCUT2D eigenvalue weighted by atomic mass is 16.6. The minimum absolute atomic E-state index is 0.130. The number of aliphatic hydroxyl groups is 1. The number of carboxylic acid groups (broad SMARTS) is 1. The first-order valence-corrected chi connectivity index (χ1v) is 13.4. The minimum atomic E-state index is -1.47. The first kappa shape index (κ1) is 26.3.